The Bertz CT molecular complexity index is 195. The van der Waals surface area contributed by atoms with Crippen molar-refractivity contribution in [2.24, 2.45) is 17.8 Å². The number of hydrogen-bond acceptors (Lipinski definition) is 3. The van der Waals surface area contributed by atoms with Crippen molar-refractivity contribution >= 4 is 0 Å². The molecule has 4 unspecified atom stereocenters. The Kier molecular flexibility index (Phi) is 4.00. The predicted molar refractivity (Wildman–Crippen MR) is 57.6 cm³/mol. The van der Waals surface area contributed by atoms with Crippen molar-refractivity contribution in [3.63, 3.8) is 0 Å². The van der Waals surface area contributed by atoms with Gasteiger partial charge in [-0.3, -0.25) is 0 Å². The van der Waals surface area contributed by atoms with Gasteiger partial charge in [0, 0.05) is 26.2 Å². The van der Waals surface area contributed by atoms with Crippen molar-refractivity contribution in [1.29, 1.82) is 0 Å². The van der Waals surface area contributed by atoms with Gasteiger partial charge in [0.1, 0.15) is 0 Å². The summed E-state index contributed by atoms with van der Waals surface area (Å²) in [5, 5.41) is 9.36. The third kappa shape index (κ3) is 2.35. The summed E-state index contributed by atoms with van der Waals surface area (Å²) < 4.78 is 11.1. The van der Waals surface area contributed by atoms with Crippen molar-refractivity contribution in [3.05, 3.63) is 0 Å². The molecule has 88 valence electrons. The summed E-state index contributed by atoms with van der Waals surface area (Å²) in [4.78, 5) is 0. The maximum atomic E-state index is 9.36. The average molecular weight is 214 g/mol. The van der Waals surface area contributed by atoms with Crippen molar-refractivity contribution in [1.82, 2.24) is 0 Å². The molecule has 1 aliphatic carbocycles. The molecule has 1 N–H and O–H groups in total. The van der Waals surface area contributed by atoms with Crippen LogP contribution >= 0.6 is 0 Å². The molecular weight excluding hydrogens is 192 g/mol. The summed E-state index contributed by atoms with van der Waals surface area (Å²) in [6.07, 6.45) is 4.98. The average Bonchev–Trinajstić information content (AvgIpc) is 2.30. The highest BCUT2D eigenvalue weighted by atomic mass is 16.5. The van der Waals surface area contributed by atoms with Gasteiger partial charge in [-0.15, -0.1) is 0 Å². The number of methoxy groups -OCH3 is 1. The second kappa shape index (κ2) is 5.28. The summed E-state index contributed by atoms with van der Waals surface area (Å²) in [5.41, 5.74) is 0. The van der Waals surface area contributed by atoms with E-state index in [1.807, 2.05) is 0 Å². The molecule has 1 saturated heterocycles. The normalized spacial score (nSPS) is 41.2. The molecule has 0 aromatic heterocycles. The van der Waals surface area contributed by atoms with Crippen LogP contribution in [-0.2, 0) is 9.47 Å². The van der Waals surface area contributed by atoms with Crippen LogP contribution in [0.15, 0.2) is 0 Å². The number of fused-ring (bicyclic) bond motifs is 1. The Balaban J connectivity index is 2.01. The summed E-state index contributed by atoms with van der Waals surface area (Å²) in [7, 11) is 1.76. The van der Waals surface area contributed by atoms with E-state index in [2.05, 4.69) is 0 Å². The molecule has 4 atom stereocenters. The Morgan fingerprint density at radius 3 is 2.80 bits per heavy atom. The van der Waals surface area contributed by atoms with Crippen LogP contribution in [0.1, 0.15) is 25.7 Å². The van der Waals surface area contributed by atoms with E-state index in [1.165, 1.54) is 6.42 Å². The molecule has 1 saturated carbocycles. The number of rotatable bonds is 3. The predicted octanol–water partition coefficient (Wildman–Crippen LogP) is 1.45. The van der Waals surface area contributed by atoms with Crippen LogP contribution in [0.5, 0.6) is 0 Å². The first-order chi connectivity index (χ1) is 7.36. The molecule has 0 aromatic rings. The van der Waals surface area contributed by atoms with Crippen LogP contribution < -0.4 is 0 Å². The number of hydrogen-bond donors (Lipinski definition) is 1. The zero-order valence-electron chi connectivity index (χ0n) is 9.52. The van der Waals surface area contributed by atoms with Crippen LogP contribution in [0.2, 0.25) is 0 Å². The number of ether oxygens (including phenoxy) is 2. The summed E-state index contributed by atoms with van der Waals surface area (Å²) in [5.74, 6) is 1.57. The minimum atomic E-state index is 0.324. The second-order valence-electron chi connectivity index (χ2n) is 4.88. The SMILES string of the molecule is COCC1CCC(CO)C2CCCOC12. The summed E-state index contributed by atoms with van der Waals surface area (Å²) in [6, 6.07) is 0. The fourth-order valence-corrected chi connectivity index (χ4v) is 3.24. The van der Waals surface area contributed by atoms with Crippen molar-refractivity contribution in [3.8, 4) is 0 Å². The van der Waals surface area contributed by atoms with E-state index in [0.29, 0.717) is 30.5 Å². The Hall–Kier alpha value is -0.120. The van der Waals surface area contributed by atoms with Gasteiger partial charge in [-0.2, -0.15) is 0 Å². The first kappa shape index (κ1) is 11.4. The number of aliphatic hydroxyl groups is 1. The Morgan fingerprint density at radius 2 is 2.07 bits per heavy atom. The lowest BCUT2D eigenvalue weighted by Gasteiger charge is -2.44. The van der Waals surface area contributed by atoms with E-state index in [0.717, 1.165) is 32.5 Å². The van der Waals surface area contributed by atoms with Gasteiger partial charge in [-0.05, 0) is 37.5 Å². The number of aliphatic hydroxyl groups excluding tert-OH is 1. The maximum Gasteiger partial charge on any atom is 0.0656 e. The topological polar surface area (TPSA) is 38.7 Å². The maximum absolute atomic E-state index is 9.36. The fraction of sp³-hybridized carbons (Fsp3) is 1.00. The molecular formula is C12H22O3. The van der Waals surface area contributed by atoms with E-state index in [1.54, 1.807) is 7.11 Å². The highest BCUT2D eigenvalue weighted by molar-refractivity contribution is 4.90. The smallest absolute Gasteiger partial charge is 0.0656 e. The van der Waals surface area contributed by atoms with Gasteiger partial charge in [0.2, 0.25) is 0 Å². The van der Waals surface area contributed by atoms with Crippen LogP contribution in [0, 0.1) is 17.8 Å². The molecule has 3 nitrogen and oxygen atoms in total. The first-order valence-electron chi connectivity index (χ1n) is 6.08. The molecule has 3 heteroatoms. The monoisotopic (exact) mass is 214 g/mol. The van der Waals surface area contributed by atoms with Crippen LogP contribution in [0.3, 0.4) is 0 Å². The molecule has 0 aromatic carbocycles. The molecule has 2 fully saturated rings. The van der Waals surface area contributed by atoms with E-state index in [-0.39, 0.29) is 0 Å². The van der Waals surface area contributed by atoms with E-state index in [9.17, 15) is 5.11 Å². The first-order valence-corrected chi connectivity index (χ1v) is 6.08. The van der Waals surface area contributed by atoms with E-state index < -0.39 is 0 Å². The highest BCUT2D eigenvalue weighted by Gasteiger charge is 2.41. The Morgan fingerprint density at radius 1 is 1.27 bits per heavy atom. The molecule has 15 heavy (non-hydrogen) atoms. The fourth-order valence-electron chi connectivity index (χ4n) is 3.24. The van der Waals surface area contributed by atoms with Crippen LogP contribution in [-0.4, -0.2) is 38.1 Å². The lowest BCUT2D eigenvalue weighted by Crippen LogP contribution is -2.46. The van der Waals surface area contributed by atoms with Crippen molar-refractivity contribution in [2.75, 3.05) is 26.9 Å². The van der Waals surface area contributed by atoms with Gasteiger partial charge in [0.15, 0.2) is 0 Å². The second-order valence-corrected chi connectivity index (χ2v) is 4.88. The third-order valence-corrected chi connectivity index (χ3v) is 4.01. The minimum absolute atomic E-state index is 0.324. The molecule has 0 bridgehead atoms. The molecule has 0 radical (unpaired) electrons. The molecule has 1 heterocycles. The van der Waals surface area contributed by atoms with Crippen LogP contribution in [0.25, 0.3) is 0 Å². The summed E-state index contributed by atoms with van der Waals surface area (Å²) in [6.45, 7) is 2.02. The van der Waals surface area contributed by atoms with Gasteiger partial charge >= 0.3 is 0 Å². The minimum Gasteiger partial charge on any atom is -0.396 e. The lowest BCUT2D eigenvalue weighted by atomic mass is 9.69. The molecule has 1 aliphatic heterocycles. The molecule has 2 rings (SSSR count). The van der Waals surface area contributed by atoms with Crippen molar-refractivity contribution < 1.29 is 14.6 Å². The van der Waals surface area contributed by atoms with Gasteiger partial charge in [0.25, 0.3) is 0 Å². The highest BCUT2D eigenvalue weighted by Crippen LogP contribution is 2.40. The molecule has 2 aliphatic rings. The van der Waals surface area contributed by atoms with E-state index >= 15 is 0 Å². The quantitative estimate of drug-likeness (QED) is 0.772. The molecule has 0 amide bonds. The lowest BCUT2D eigenvalue weighted by molar-refractivity contribution is -0.121. The Labute approximate surface area is 91.8 Å². The van der Waals surface area contributed by atoms with E-state index in [4.69, 9.17) is 9.47 Å². The van der Waals surface area contributed by atoms with Gasteiger partial charge in [-0.25, -0.2) is 0 Å². The zero-order chi connectivity index (χ0) is 10.7. The van der Waals surface area contributed by atoms with Gasteiger partial charge in [0.05, 0.1) is 12.7 Å². The van der Waals surface area contributed by atoms with Crippen molar-refractivity contribution in [2.45, 2.75) is 31.8 Å². The zero-order valence-corrected chi connectivity index (χ0v) is 9.52. The van der Waals surface area contributed by atoms with Gasteiger partial charge in [-0.1, -0.05) is 0 Å². The third-order valence-electron chi connectivity index (χ3n) is 4.01. The largest absolute Gasteiger partial charge is 0.396 e. The summed E-state index contributed by atoms with van der Waals surface area (Å²) >= 11 is 0. The van der Waals surface area contributed by atoms with Gasteiger partial charge < -0.3 is 14.6 Å². The standard InChI is InChI=1S/C12H22O3/c1-14-8-10-5-4-9(7-13)11-3-2-6-15-12(10)11/h9-13H,2-8H2,1H3. The van der Waals surface area contributed by atoms with Crippen LogP contribution in [0.4, 0.5) is 0 Å². The molecule has 0 spiro atoms.